The molecular weight excluding hydrogens is 659 g/mol. The summed E-state index contributed by atoms with van der Waals surface area (Å²) in [4.78, 5) is 13.4. The van der Waals surface area contributed by atoms with E-state index in [4.69, 9.17) is 0 Å². The van der Waals surface area contributed by atoms with Crippen molar-refractivity contribution in [1.29, 1.82) is 0 Å². The van der Waals surface area contributed by atoms with Gasteiger partial charge in [0.15, 0.2) is 0 Å². The van der Waals surface area contributed by atoms with Gasteiger partial charge >= 0.3 is 281 Å². The van der Waals surface area contributed by atoms with Gasteiger partial charge in [0.25, 0.3) is 0 Å². The van der Waals surface area contributed by atoms with Gasteiger partial charge in [-0.2, -0.15) is 0 Å². The summed E-state index contributed by atoms with van der Waals surface area (Å²) >= 11 is 0. The van der Waals surface area contributed by atoms with Crippen LogP contribution in [0.25, 0.3) is 0 Å². The molecule has 49 heavy (non-hydrogen) atoms. The van der Waals surface area contributed by atoms with Crippen LogP contribution < -0.4 is 15.9 Å². The predicted octanol–water partition coefficient (Wildman–Crippen LogP) is 8.69. The fourth-order valence-corrected chi connectivity index (χ4v) is 14.9. The molecule has 1 N–H and O–H groups in total. The van der Waals surface area contributed by atoms with Crippen molar-refractivity contribution in [3.8, 4) is 0 Å². The van der Waals surface area contributed by atoms with Crippen molar-refractivity contribution in [3.63, 3.8) is 0 Å². The van der Waals surface area contributed by atoms with Gasteiger partial charge in [0.05, 0.1) is 0 Å². The van der Waals surface area contributed by atoms with E-state index in [-0.39, 0.29) is 31.5 Å². The predicted molar refractivity (Wildman–Crippen MR) is 182 cm³/mol. The van der Waals surface area contributed by atoms with Crippen LogP contribution in [0.1, 0.15) is 28.7 Å². The topological polar surface area (TPSA) is 40.5 Å². The molecule has 1 heterocycles. The summed E-state index contributed by atoms with van der Waals surface area (Å²) in [5, 5.41) is 13.3. The monoisotopic (exact) mass is 693 g/mol. The zero-order chi connectivity index (χ0) is 34.9. The van der Waals surface area contributed by atoms with E-state index in [0.29, 0.717) is 11.1 Å². The summed E-state index contributed by atoms with van der Waals surface area (Å²) in [6, 6.07) is 37.3. The average molecular weight is 694 g/mol. The molecule has 0 saturated carbocycles. The molecule has 0 aliphatic carbocycles. The summed E-state index contributed by atoms with van der Waals surface area (Å²) in [6.07, 6.45) is -8.76. The van der Waals surface area contributed by atoms with Crippen LogP contribution in [0, 0.1) is 5.92 Å². The van der Waals surface area contributed by atoms with Crippen molar-refractivity contribution < 1.29 is 36.2 Å². The van der Waals surface area contributed by atoms with Crippen molar-refractivity contribution in [1.82, 2.24) is 4.67 Å². The van der Waals surface area contributed by atoms with E-state index in [1.54, 1.807) is 12.1 Å². The van der Waals surface area contributed by atoms with Crippen LogP contribution in [-0.4, -0.2) is 28.3 Å². The Balaban J connectivity index is 1.65. The van der Waals surface area contributed by atoms with E-state index in [9.17, 15) is 36.2 Å². The third-order valence-electron chi connectivity index (χ3n) is 9.67. The molecule has 1 aliphatic rings. The second-order valence-corrected chi connectivity index (χ2v) is 17.5. The summed E-state index contributed by atoms with van der Waals surface area (Å²) in [5.41, 5.74) is -0.774. The van der Waals surface area contributed by atoms with Crippen LogP contribution in [0.4, 0.5) is 26.3 Å². The van der Waals surface area contributed by atoms with E-state index >= 15 is 0 Å². The molecule has 0 spiro atoms. The Hall–Kier alpha value is -4.46. The molecule has 5 aromatic rings. The van der Waals surface area contributed by atoms with E-state index < -0.39 is 42.2 Å². The molecule has 6 rings (SSSR count). The fourth-order valence-electron chi connectivity index (χ4n) is 7.68. The summed E-state index contributed by atoms with van der Waals surface area (Å²) < 4.78 is 85.4. The van der Waals surface area contributed by atoms with Crippen molar-refractivity contribution >= 4 is 28.6 Å². The third kappa shape index (κ3) is 6.26. The number of hydrogen-bond donors (Lipinski definition) is 1. The molecule has 1 saturated heterocycles. The summed E-state index contributed by atoms with van der Waals surface area (Å²) in [5.74, 6) is -1.48. The van der Waals surface area contributed by atoms with Crippen LogP contribution in [0.3, 0.4) is 0 Å². The van der Waals surface area contributed by atoms with Gasteiger partial charge in [0, 0.05) is 0 Å². The van der Waals surface area contributed by atoms with E-state index in [0.717, 1.165) is 40.2 Å². The second-order valence-electron chi connectivity index (χ2n) is 12.6. The first-order chi connectivity index (χ1) is 23.3. The molecular formula is C39H34F6NO2P. The van der Waals surface area contributed by atoms with E-state index in [2.05, 4.69) is 0 Å². The molecule has 1 aliphatic heterocycles. The van der Waals surface area contributed by atoms with Crippen LogP contribution in [0.5, 0.6) is 0 Å². The van der Waals surface area contributed by atoms with Crippen LogP contribution in [0.2, 0.25) is 0 Å². The molecule has 10 heteroatoms. The standard InChI is InChI=1S/C39H34F6NO2P/c40-38(41,42)31-14-10-12-28(23-31)22-30-25-36(37(47)48)46(26-30)49(33-16-4-1-5-17-33,34-18-6-2-7-19-34,35-20-8-3-9-21-35)27-29-13-11-15-32(24-29)39(43,44)45/h1-21,23-24,30,36H,22,25-27H2,(H,47,48)/t30?,36-/m0/s1. The maximum absolute atomic E-state index is 14.1. The Bertz CT molecular complexity index is 1820. The second kappa shape index (κ2) is 13.1. The molecule has 0 aromatic heterocycles. The maximum atomic E-state index is 14.1. The number of hydrogen-bond acceptors (Lipinski definition) is 2. The number of carbonyl (C=O) groups is 1. The van der Waals surface area contributed by atoms with Gasteiger partial charge in [-0.3, -0.25) is 0 Å². The third-order valence-corrected chi connectivity index (χ3v) is 16.5. The molecule has 5 aromatic carbocycles. The molecule has 254 valence electrons. The first-order valence-electron chi connectivity index (χ1n) is 15.8. The number of carboxylic acid groups (broad SMARTS) is 1. The molecule has 3 nitrogen and oxygen atoms in total. The minimum absolute atomic E-state index is 0.0492. The number of alkyl halides is 6. The van der Waals surface area contributed by atoms with Crippen molar-refractivity contribution in [2.75, 3.05) is 6.54 Å². The normalized spacial score (nSPS) is 18.1. The zero-order valence-electron chi connectivity index (χ0n) is 26.3. The molecule has 1 unspecified atom stereocenters. The SMILES string of the molecule is O=C(O)[C@@H]1CC(Cc2cccc(C(F)(F)F)c2)CN1P(Cc1cccc(C(F)(F)F)c1)(c1ccccc1)(c1ccccc1)c1ccccc1. The van der Waals surface area contributed by atoms with Crippen LogP contribution in [0.15, 0.2) is 140 Å². The van der Waals surface area contributed by atoms with Gasteiger partial charge in [0.2, 0.25) is 0 Å². The number of aliphatic carboxylic acids is 1. The fraction of sp³-hybridized carbons (Fsp3) is 0.205. The average Bonchev–Trinajstić information content (AvgIpc) is 3.53. The Morgan fingerprint density at radius 3 is 1.49 bits per heavy atom. The van der Waals surface area contributed by atoms with Crippen LogP contribution >= 0.6 is 6.75 Å². The van der Waals surface area contributed by atoms with Gasteiger partial charge < -0.3 is 0 Å². The molecule has 1 fully saturated rings. The van der Waals surface area contributed by atoms with Gasteiger partial charge in [-0.25, -0.2) is 0 Å². The van der Waals surface area contributed by atoms with E-state index in [1.165, 1.54) is 12.1 Å². The summed E-state index contributed by atoms with van der Waals surface area (Å²) in [7, 11) is 0. The number of carboxylic acids is 1. The number of benzene rings is 5. The Labute approximate surface area is 280 Å². The minimum atomic E-state index is -4.61. The number of rotatable bonds is 9. The van der Waals surface area contributed by atoms with Crippen molar-refractivity contribution in [3.05, 3.63) is 162 Å². The van der Waals surface area contributed by atoms with Crippen LogP contribution in [-0.2, 0) is 29.7 Å². The Morgan fingerprint density at radius 1 is 0.633 bits per heavy atom. The molecule has 0 bridgehead atoms. The van der Waals surface area contributed by atoms with Gasteiger partial charge in [-0.15, -0.1) is 0 Å². The Kier molecular flexibility index (Phi) is 9.20. The van der Waals surface area contributed by atoms with E-state index in [1.807, 2.05) is 95.7 Å². The molecule has 0 radical (unpaired) electrons. The van der Waals surface area contributed by atoms with Gasteiger partial charge in [-0.05, 0) is 0 Å². The summed E-state index contributed by atoms with van der Waals surface area (Å²) in [6.45, 7) is -4.15. The Morgan fingerprint density at radius 2 is 1.06 bits per heavy atom. The molecule has 2 atom stereocenters. The first-order valence-corrected chi connectivity index (χ1v) is 18.2. The quantitative estimate of drug-likeness (QED) is 0.124. The number of nitrogens with zero attached hydrogens (tertiary/aromatic N) is 1. The first kappa shape index (κ1) is 34.4. The van der Waals surface area contributed by atoms with Gasteiger partial charge in [-0.1, -0.05) is 0 Å². The van der Waals surface area contributed by atoms with Crippen molar-refractivity contribution in [2.24, 2.45) is 5.92 Å². The van der Waals surface area contributed by atoms with Gasteiger partial charge in [0.1, 0.15) is 0 Å². The molecule has 0 amide bonds. The zero-order valence-corrected chi connectivity index (χ0v) is 27.2. The van der Waals surface area contributed by atoms with Crippen molar-refractivity contribution in [2.45, 2.75) is 37.4 Å². The number of halogens is 6.